The zero-order valence-corrected chi connectivity index (χ0v) is 21.3. The molecular formula is C27H34N2O6. The fourth-order valence-corrected chi connectivity index (χ4v) is 4.72. The number of hydrogen-bond donors (Lipinski definition) is 0. The molecule has 1 aliphatic rings. The third kappa shape index (κ3) is 5.03. The molecule has 2 unspecified atom stereocenters. The third-order valence-electron chi connectivity index (χ3n) is 6.67. The van der Waals surface area contributed by atoms with Gasteiger partial charge in [-0.25, -0.2) is 0 Å². The summed E-state index contributed by atoms with van der Waals surface area (Å²) in [6.07, 6.45) is 0. The van der Waals surface area contributed by atoms with Crippen LogP contribution in [0.25, 0.3) is 0 Å². The van der Waals surface area contributed by atoms with Gasteiger partial charge in [-0.1, -0.05) is 26.0 Å². The van der Waals surface area contributed by atoms with E-state index in [0.717, 1.165) is 18.7 Å². The van der Waals surface area contributed by atoms with Crippen LogP contribution in [0.2, 0.25) is 0 Å². The number of likely N-dealkylation sites (tertiary alicyclic amines) is 1. The molecule has 1 fully saturated rings. The minimum absolute atomic E-state index is 0.308. The molecule has 1 heterocycles. The van der Waals surface area contributed by atoms with Gasteiger partial charge in [0.15, 0.2) is 17.3 Å². The third-order valence-corrected chi connectivity index (χ3v) is 6.67. The highest BCUT2D eigenvalue weighted by Gasteiger charge is 2.52. The summed E-state index contributed by atoms with van der Waals surface area (Å²) in [6.45, 7) is 8.43. The van der Waals surface area contributed by atoms with Crippen molar-refractivity contribution in [3.63, 3.8) is 0 Å². The van der Waals surface area contributed by atoms with Crippen molar-refractivity contribution in [2.45, 2.75) is 26.8 Å². The Balaban J connectivity index is 2.12. The van der Waals surface area contributed by atoms with Gasteiger partial charge in [0.05, 0.1) is 27.4 Å². The average molecular weight is 483 g/mol. The Hall–Kier alpha value is -3.39. The highest BCUT2D eigenvalue weighted by molar-refractivity contribution is 6.44. The van der Waals surface area contributed by atoms with Gasteiger partial charge in [0, 0.05) is 24.2 Å². The van der Waals surface area contributed by atoms with Crippen molar-refractivity contribution in [3.8, 4) is 17.2 Å². The molecule has 2 aromatic rings. The molecule has 1 amide bonds. The molecule has 0 aromatic heterocycles. The van der Waals surface area contributed by atoms with Gasteiger partial charge >= 0.3 is 0 Å². The topological polar surface area (TPSA) is 85.4 Å². The number of methoxy groups -OCH3 is 3. The highest BCUT2D eigenvalue weighted by Crippen LogP contribution is 2.45. The predicted molar refractivity (Wildman–Crippen MR) is 132 cm³/mol. The Kier molecular flexibility index (Phi) is 8.51. The van der Waals surface area contributed by atoms with E-state index in [4.69, 9.17) is 14.2 Å². The summed E-state index contributed by atoms with van der Waals surface area (Å²) in [4.78, 5) is 44.0. The van der Waals surface area contributed by atoms with E-state index >= 15 is 0 Å². The fourth-order valence-electron chi connectivity index (χ4n) is 4.72. The van der Waals surface area contributed by atoms with Gasteiger partial charge in [0.25, 0.3) is 5.91 Å². The van der Waals surface area contributed by atoms with Gasteiger partial charge in [0.2, 0.25) is 5.78 Å². The van der Waals surface area contributed by atoms with Crippen molar-refractivity contribution in [2.24, 2.45) is 5.92 Å². The van der Waals surface area contributed by atoms with E-state index in [0.29, 0.717) is 41.5 Å². The predicted octanol–water partition coefficient (Wildman–Crippen LogP) is 3.31. The van der Waals surface area contributed by atoms with Crippen molar-refractivity contribution >= 4 is 17.5 Å². The Morgan fingerprint density at radius 3 is 2.23 bits per heavy atom. The largest absolute Gasteiger partial charge is 0.496 e. The summed E-state index contributed by atoms with van der Waals surface area (Å²) in [7, 11) is 4.58. The number of carbonyl (C=O) groups excluding carboxylic acids is 3. The minimum Gasteiger partial charge on any atom is -0.496 e. The number of hydrogen-bond acceptors (Lipinski definition) is 7. The molecular weight excluding hydrogens is 448 g/mol. The van der Waals surface area contributed by atoms with Crippen LogP contribution in [0.5, 0.6) is 17.2 Å². The molecule has 2 aromatic carbocycles. The molecule has 0 aliphatic carbocycles. The summed E-state index contributed by atoms with van der Waals surface area (Å²) in [5.41, 5.74) is 1.69. The maximum absolute atomic E-state index is 13.8. The smallest absolute Gasteiger partial charge is 0.291 e. The fraction of sp³-hybridized carbons (Fsp3) is 0.444. The first-order valence-electron chi connectivity index (χ1n) is 11.8. The summed E-state index contributed by atoms with van der Waals surface area (Å²) in [5.74, 6) is -1.47. The van der Waals surface area contributed by atoms with Crippen LogP contribution in [-0.4, -0.2) is 74.8 Å². The molecule has 0 saturated carbocycles. The number of Topliss-reactive ketones (excluding diaryl/α,β-unsaturated/α-hetero) is 2. The number of carbonyl (C=O) groups is 3. The number of benzene rings is 2. The van der Waals surface area contributed by atoms with Crippen molar-refractivity contribution in [2.75, 3.05) is 47.5 Å². The highest BCUT2D eigenvalue weighted by atomic mass is 16.5. The van der Waals surface area contributed by atoms with Crippen molar-refractivity contribution in [3.05, 3.63) is 53.1 Å². The summed E-state index contributed by atoms with van der Waals surface area (Å²) in [5, 5.41) is 0. The molecule has 8 nitrogen and oxygen atoms in total. The molecule has 0 radical (unpaired) electrons. The molecule has 2 atom stereocenters. The molecule has 0 spiro atoms. The van der Waals surface area contributed by atoms with Crippen molar-refractivity contribution in [1.29, 1.82) is 0 Å². The van der Waals surface area contributed by atoms with Crippen molar-refractivity contribution in [1.82, 2.24) is 9.80 Å². The molecule has 1 aliphatic heterocycles. The molecule has 35 heavy (non-hydrogen) atoms. The van der Waals surface area contributed by atoms with Gasteiger partial charge < -0.3 is 24.0 Å². The van der Waals surface area contributed by atoms with Crippen LogP contribution in [0.1, 0.15) is 41.4 Å². The van der Waals surface area contributed by atoms with Gasteiger partial charge in [-0.3, -0.25) is 14.4 Å². The van der Waals surface area contributed by atoms with Gasteiger partial charge in [-0.15, -0.1) is 0 Å². The summed E-state index contributed by atoms with van der Waals surface area (Å²) in [6, 6.07) is 9.49. The van der Waals surface area contributed by atoms with Gasteiger partial charge in [0.1, 0.15) is 11.7 Å². The quantitative estimate of drug-likeness (QED) is 0.276. The lowest BCUT2D eigenvalue weighted by atomic mass is 9.85. The SMILES string of the molecule is CCN(CC)CCN1C(=O)C(=O)C(C(=O)c2ccc(OC)c(C)c2)C1c1cccc(OC)c1OC. The molecule has 188 valence electrons. The molecule has 8 heteroatoms. The van der Waals surface area contributed by atoms with Crippen LogP contribution in [0, 0.1) is 12.8 Å². The van der Waals surface area contributed by atoms with Crippen LogP contribution in [-0.2, 0) is 9.59 Å². The van der Waals surface area contributed by atoms with Crippen LogP contribution in [0.4, 0.5) is 0 Å². The molecule has 1 saturated heterocycles. The maximum atomic E-state index is 13.8. The Bertz CT molecular complexity index is 1100. The lowest BCUT2D eigenvalue weighted by Gasteiger charge is -2.30. The zero-order valence-electron chi connectivity index (χ0n) is 21.3. The van der Waals surface area contributed by atoms with E-state index in [-0.39, 0.29) is 0 Å². The second kappa shape index (κ2) is 11.4. The van der Waals surface area contributed by atoms with Crippen LogP contribution < -0.4 is 14.2 Å². The number of amides is 1. The lowest BCUT2D eigenvalue weighted by molar-refractivity contribution is -0.140. The van der Waals surface area contributed by atoms with E-state index < -0.39 is 29.4 Å². The summed E-state index contributed by atoms with van der Waals surface area (Å²) >= 11 is 0. The van der Waals surface area contributed by atoms with E-state index in [2.05, 4.69) is 4.90 Å². The molecule has 0 N–H and O–H groups in total. The normalized spacial score (nSPS) is 17.7. The Morgan fingerprint density at radius 1 is 0.971 bits per heavy atom. The first-order valence-corrected chi connectivity index (χ1v) is 11.8. The van der Waals surface area contributed by atoms with E-state index in [1.54, 1.807) is 43.5 Å². The van der Waals surface area contributed by atoms with Crippen LogP contribution >= 0.6 is 0 Å². The molecule has 3 rings (SSSR count). The number of para-hydroxylation sites is 1. The zero-order chi connectivity index (χ0) is 25.7. The number of aryl methyl sites for hydroxylation is 1. The van der Waals surface area contributed by atoms with Crippen LogP contribution in [0.3, 0.4) is 0 Å². The first-order chi connectivity index (χ1) is 16.8. The van der Waals surface area contributed by atoms with Gasteiger partial charge in [-0.2, -0.15) is 0 Å². The minimum atomic E-state index is -1.20. The van der Waals surface area contributed by atoms with E-state index in [9.17, 15) is 14.4 Å². The Labute approximate surface area is 206 Å². The lowest BCUT2D eigenvalue weighted by Crippen LogP contribution is -2.38. The van der Waals surface area contributed by atoms with Crippen LogP contribution in [0.15, 0.2) is 36.4 Å². The number of likely N-dealkylation sites (N-methyl/N-ethyl adjacent to an activating group) is 1. The maximum Gasteiger partial charge on any atom is 0.291 e. The van der Waals surface area contributed by atoms with E-state index in [1.165, 1.54) is 19.1 Å². The Morgan fingerprint density at radius 2 is 1.66 bits per heavy atom. The van der Waals surface area contributed by atoms with E-state index in [1.807, 2.05) is 20.8 Å². The molecule has 0 bridgehead atoms. The first kappa shape index (κ1) is 26.2. The monoisotopic (exact) mass is 482 g/mol. The average Bonchev–Trinajstić information content (AvgIpc) is 3.12. The van der Waals surface area contributed by atoms with Crippen molar-refractivity contribution < 1.29 is 28.6 Å². The number of nitrogens with zero attached hydrogens (tertiary/aromatic N) is 2. The second-order valence-corrected chi connectivity index (χ2v) is 8.44. The standard InChI is InChI=1S/C27H34N2O6/c1-7-28(8-2)14-15-29-23(19-10-9-11-21(34-5)26(19)35-6)22(25(31)27(29)32)24(30)18-12-13-20(33-4)17(3)16-18/h9-13,16,22-23H,7-8,14-15H2,1-6H3. The second-order valence-electron chi connectivity index (χ2n) is 8.44. The number of rotatable bonds is 11. The number of ketones is 2. The number of ether oxygens (including phenoxy) is 3. The van der Waals surface area contributed by atoms with Gasteiger partial charge in [-0.05, 0) is 49.8 Å². The summed E-state index contributed by atoms with van der Waals surface area (Å²) < 4.78 is 16.4.